The van der Waals surface area contributed by atoms with Gasteiger partial charge in [0.1, 0.15) is 5.76 Å². The zero-order valence-corrected chi connectivity index (χ0v) is 17.8. The van der Waals surface area contributed by atoms with Gasteiger partial charge in [-0.2, -0.15) is 0 Å². The number of carbonyl (C=O) groups is 1. The van der Waals surface area contributed by atoms with Crippen molar-refractivity contribution in [2.75, 3.05) is 40.3 Å². The highest BCUT2D eigenvalue weighted by molar-refractivity contribution is 7.89. The normalized spacial score (nSPS) is 16.8. The van der Waals surface area contributed by atoms with Gasteiger partial charge < -0.3 is 9.73 Å². The molecule has 2 heterocycles. The summed E-state index contributed by atoms with van der Waals surface area (Å²) < 4.78 is 31.4. The van der Waals surface area contributed by atoms with E-state index in [-0.39, 0.29) is 23.3 Å². The Hall–Kier alpha value is -2.00. The molecule has 1 aromatic carbocycles. The minimum Gasteiger partial charge on any atom is -0.468 e. The minimum atomic E-state index is -3.57. The second-order valence-corrected chi connectivity index (χ2v) is 9.65. The molecular weight excluding hydrogens is 390 g/mol. The van der Waals surface area contributed by atoms with Crippen LogP contribution in [0, 0.1) is 0 Å². The van der Waals surface area contributed by atoms with E-state index in [1.54, 1.807) is 18.4 Å². The van der Waals surface area contributed by atoms with Crippen molar-refractivity contribution in [3.05, 3.63) is 54.0 Å². The Morgan fingerprint density at radius 2 is 1.93 bits per heavy atom. The highest BCUT2D eigenvalue weighted by atomic mass is 32.2. The van der Waals surface area contributed by atoms with Gasteiger partial charge in [0, 0.05) is 26.2 Å². The number of likely N-dealkylation sites (tertiary alicyclic amines) is 1. The average molecular weight is 420 g/mol. The second kappa shape index (κ2) is 9.67. The molecule has 7 nitrogen and oxygen atoms in total. The third kappa shape index (κ3) is 5.33. The molecule has 0 radical (unpaired) electrons. The first-order valence-electron chi connectivity index (χ1n) is 9.93. The third-order valence-corrected chi connectivity index (χ3v) is 7.07. The number of ketones is 1. The Morgan fingerprint density at radius 1 is 1.17 bits per heavy atom. The topological polar surface area (TPSA) is 82.9 Å². The molecule has 8 heteroatoms. The number of furan rings is 1. The lowest BCUT2D eigenvalue weighted by Gasteiger charge is -2.33. The fraction of sp³-hybridized carbons (Fsp3) is 0.476. The van der Waals surface area contributed by atoms with E-state index in [9.17, 15) is 13.2 Å². The van der Waals surface area contributed by atoms with Crippen LogP contribution in [0.5, 0.6) is 0 Å². The number of benzene rings is 1. The lowest BCUT2D eigenvalue weighted by molar-refractivity contribution is 0.0979. The van der Waals surface area contributed by atoms with Gasteiger partial charge in [0.05, 0.1) is 23.7 Å². The molecule has 1 saturated heterocycles. The molecule has 1 N–H and O–H groups in total. The SMILES string of the molecule is CN(C)S(=O)(=O)c1cccc(C(=O)CNCC(c2ccco2)N2CCCCC2)c1. The van der Waals surface area contributed by atoms with E-state index in [4.69, 9.17) is 4.42 Å². The summed E-state index contributed by atoms with van der Waals surface area (Å²) in [7, 11) is -0.623. The van der Waals surface area contributed by atoms with Crippen LogP contribution in [-0.2, 0) is 10.0 Å². The number of Topliss-reactive ketones (excluding diaryl/α,β-unsaturated/α-hetero) is 1. The summed E-state index contributed by atoms with van der Waals surface area (Å²) in [4.78, 5) is 15.1. The van der Waals surface area contributed by atoms with Crippen LogP contribution in [0.1, 0.15) is 41.4 Å². The summed E-state index contributed by atoms with van der Waals surface area (Å²) in [5.74, 6) is 0.753. The van der Waals surface area contributed by atoms with Gasteiger partial charge in [-0.15, -0.1) is 0 Å². The van der Waals surface area contributed by atoms with Crippen molar-refractivity contribution in [1.82, 2.24) is 14.5 Å². The zero-order valence-electron chi connectivity index (χ0n) is 17.0. The number of hydrogen-bond acceptors (Lipinski definition) is 6. The fourth-order valence-corrected chi connectivity index (χ4v) is 4.53. The molecule has 0 saturated carbocycles. The standard InChI is InChI=1S/C21H29N3O4S/c1-23(2)29(26,27)18-9-6-8-17(14-18)20(25)16-22-15-19(21-10-7-13-28-21)24-11-4-3-5-12-24/h6-10,13-14,19,22H,3-5,11-12,15-16H2,1-2H3. The van der Waals surface area contributed by atoms with Gasteiger partial charge in [0.15, 0.2) is 5.78 Å². The van der Waals surface area contributed by atoms with Crippen LogP contribution >= 0.6 is 0 Å². The van der Waals surface area contributed by atoms with E-state index >= 15 is 0 Å². The molecular formula is C21H29N3O4S. The van der Waals surface area contributed by atoms with Crippen LogP contribution in [0.3, 0.4) is 0 Å². The Morgan fingerprint density at radius 3 is 2.59 bits per heavy atom. The number of nitrogens with zero attached hydrogens (tertiary/aromatic N) is 2. The first-order valence-corrected chi connectivity index (χ1v) is 11.4. The van der Waals surface area contributed by atoms with Crippen LogP contribution in [-0.4, -0.2) is 63.7 Å². The van der Waals surface area contributed by atoms with Gasteiger partial charge in [0.2, 0.25) is 10.0 Å². The molecule has 3 rings (SSSR count). The third-order valence-electron chi connectivity index (χ3n) is 5.26. The van der Waals surface area contributed by atoms with Crippen LogP contribution in [0.15, 0.2) is 52.0 Å². The fourth-order valence-electron chi connectivity index (χ4n) is 3.59. The van der Waals surface area contributed by atoms with Gasteiger partial charge in [-0.3, -0.25) is 9.69 Å². The molecule has 1 aliphatic rings. The Bertz CT molecular complexity index is 904. The number of hydrogen-bond donors (Lipinski definition) is 1. The van der Waals surface area contributed by atoms with Crippen molar-refractivity contribution >= 4 is 15.8 Å². The first kappa shape index (κ1) is 21.7. The second-order valence-electron chi connectivity index (χ2n) is 7.50. The summed E-state index contributed by atoms with van der Waals surface area (Å²) in [5, 5.41) is 3.24. The van der Waals surface area contributed by atoms with Gasteiger partial charge in [-0.25, -0.2) is 12.7 Å². The highest BCUT2D eigenvalue weighted by Gasteiger charge is 2.24. The summed E-state index contributed by atoms with van der Waals surface area (Å²) >= 11 is 0. The summed E-state index contributed by atoms with van der Waals surface area (Å²) in [6.45, 7) is 2.77. The Labute approximate surface area is 172 Å². The van der Waals surface area contributed by atoms with E-state index in [1.807, 2.05) is 12.1 Å². The maximum Gasteiger partial charge on any atom is 0.242 e. The lowest BCUT2D eigenvalue weighted by atomic mass is 10.1. The monoisotopic (exact) mass is 419 g/mol. The maximum atomic E-state index is 12.6. The van der Waals surface area contributed by atoms with Gasteiger partial charge in [-0.1, -0.05) is 18.6 Å². The number of piperidine rings is 1. The molecule has 1 atom stereocenters. The summed E-state index contributed by atoms with van der Waals surface area (Å²) in [6.07, 6.45) is 5.26. The molecule has 2 aromatic rings. The molecule has 1 fully saturated rings. The van der Waals surface area contributed by atoms with Crippen molar-refractivity contribution in [2.24, 2.45) is 0 Å². The van der Waals surface area contributed by atoms with E-state index in [0.717, 1.165) is 23.2 Å². The predicted octanol–water partition coefficient (Wildman–Crippen LogP) is 2.53. The van der Waals surface area contributed by atoms with Crippen LogP contribution < -0.4 is 5.32 Å². The average Bonchev–Trinajstić information content (AvgIpc) is 3.26. The molecule has 1 aliphatic heterocycles. The van der Waals surface area contributed by atoms with E-state index in [1.165, 1.54) is 45.5 Å². The van der Waals surface area contributed by atoms with Crippen molar-refractivity contribution in [3.8, 4) is 0 Å². The van der Waals surface area contributed by atoms with Crippen LogP contribution in [0.2, 0.25) is 0 Å². The molecule has 29 heavy (non-hydrogen) atoms. The van der Waals surface area contributed by atoms with Crippen LogP contribution in [0.25, 0.3) is 0 Å². The number of nitrogens with one attached hydrogen (secondary N) is 1. The number of sulfonamides is 1. The maximum absolute atomic E-state index is 12.6. The smallest absolute Gasteiger partial charge is 0.242 e. The van der Waals surface area contributed by atoms with Crippen molar-refractivity contribution in [3.63, 3.8) is 0 Å². The summed E-state index contributed by atoms with van der Waals surface area (Å²) in [5.41, 5.74) is 0.382. The Balaban J connectivity index is 1.64. The highest BCUT2D eigenvalue weighted by Crippen LogP contribution is 2.24. The number of carbonyl (C=O) groups excluding carboxylic acids is 1. The molecule has 0 aliphatic carbocycles. The quantitative estimate of drug-likeness (QED) is 0.629. The van der Waals surface area contributed by atoms with E-state index in [0.29, 0.717) is 12.1 Å². The van der Waals surface area contributed by atoms with Crippen molar-refractivity contribution in [2.45, 2.75) is 30.2 Å². The molecule has 0 bridgehead atoms. The minimum absolute atomic E-state index is 0.0820. The van der Waals surface area contributed by atoms with Crippen molar-refractivity contribution in [1.29, 1.82) is 0 Å². The number of rotatable bonds is 9. The van der Waals surface area contributed by atoms with E-state index in [2.05, 4.69) is 10.2 Å². The van der Waals surface area contributed by atoms with Crippen molar-refractivity contribution < 1.29 is 17.6 Å². The van der Waals surface area contributed by atoms with Gasteiger partial charge in [-0.05, 0) is 50.2 Å². The Kier molecular flexibility index (Phi) is 7.23. The first-order chi connectivity index (χ1) is 13.9. The van der Waals surface area contributed by atoms with E-state index < -0.39 is 10.0 Å². The largest absolute Gasteiger partial charge is 0.468 e. The molecule has 0 spiro atoms. The molecule has 1 unspecified atom stereocenters. The van der Waals surface area contributed by atoms with Gasteiger partial charge >= 0.3 is 0 Å². The molecule has 158 valence electrons. The predicted molar refractivity (Wildman–Crippen MR) is 111 cm³/mol. The zero-order chi connectivity index (χ0) is 20.9. The van der Waals surface area contributed by atoms with Gasteiger partial charge in [0.25, 0.3) is 0 Å². The molecule has 1 aromatic heterocycles. The summed E-state index contributed by atoms with van der Waals surface area (Å²) in [6, 6.07) is 10.1. The lowest BCUT2D eigenvalue weighted by Crippen LogP contribution is -2.40. The van der Waals surface area contributed by atoms with Crippen LogP contribution in [0.4, 0.5) is 0 Å². The molecule has 0 amide bonds.